The highest BCUT2D eigenvalue weighted by molar-refractivity contribution is 7.80. The highest BCUT2D eigenvalue weighted by Crippen LogP contribution is 2.40. The van der Waals surface area contributed by atoms with E-state index in [1.807, 2.05) is 54.6 Å². The van der Waals surface area contributed by atoms with Crippen LogP contribution < -0.4 is 5.32 Å². The number of hydrogen-bond acceptors (Lipinski definition) is 2. The molecule has 2 unspecified atom stereocenters. The lowest BCUT2D eigenvalue weighted by Crippen LogP contribution is -2.20. The summed E-state index contributed by atoms with van der Waals surface area (Å²) in [7, 11) is 0. The number of rotatable bonds is 2. The van der Waals surface area contributed by atoms with Crippen molar-refractivity contribution in [3.05, 3.63) is 70.7 Å². The zero-order valence-corrected chi connectivity index (χ0v) is 12.1. The predicted octanol–water partition coefficient (Wildman–Crippen LogP) is 3.66. The van der Waals surface area contributed by atoms with Crippen LogP contribution in [0.5, 0.6) is 0 Å². The number of carbonyl (C=O) groups excluding carboxylic acids is 1. The molecule has 0 saturated carbocycles. The standard InChI is InChI=1S/C16H12ClNOS/c17-12-9-5-4-8-11(12)14-13(15(19)18-16(14)20)10-6-2-1-3-7-10/h1-9,13-14H,(H,18,19,20). The van der Waals surface area contributed by atoms with E-state index in [9.17, 15) is 4.79 Å². The maximum Gasteiger partial charge on any atom is 0.233 e. The van der Waals surface area contributed by atoms with Gasteiger partial charge in [-0.3, -0.25) is 4.79 Å². The van der Waals surface area contributed by atoms with Gasteiger partial charge in [-0.2, -0.15) is 0 Å². The molecule has 2 nitrogen and oxygen atoms in total. The third kappa shape index (κ3) is 2.23. The summed E-state index contributed by atoms with van der Waals surface area (Å²) in [6.07, 6.45) is 0. The fraction of sp³-hybridized carbons (Fsp3) is 0.125. The maximum atomic E-state index is 12.2. The molecule has 0 spiro atoms. The largest absolute Gasteiger partial charge is 0.319 e. The molecule has 3 rings (SSSR count). The molecule has 2 atom stereocenters. The molecule has 2 aromatic rings. The lowest BCUT2D eigenvalue weighted by molar-refractivity contribution is -0.120. The summed E-state index contributed by atoms with van der Waals surface area (Å²) < 4.78 is 0. The van der Waals surface area contributed by atoms with Crippen LogP contribution >= 0.6 is 23.8 Å². The average molecular weight is 302 g/mol. The minimum absolute atomic E-state index is 0.0638. The van der Waals surface area contributed by atoms with Crippen LogP contribution in [0.15, 0.2) is 54.6 Å². The molecule has 0 radical (unpaired) electrons. The number of halogens is 1. The van der Waals surface area contributed by atoms with E-state index < -0.39 is 0 Å². The number of thiocarbonyl (C=S) groups is 1. The van der Waals surface area contributed by atoms with E-state index >= 15 is 0 Å². The number of amides is 1. The van der Waals surface area contributed by atoms with Gasteiger partial charge in [-0.15, -0.1) is 0 Å². The Labute approximate surface area is 127 Å². The van der Waals surface area contributed by atoms with Crippen LogP contribution in [0, 0.1) is 0 Å². The Morgan fingerprint density at radius 1 is 0.950 bits per heavy atom. The van der Waals surface area contributed by atoms with E-state index in [0.717, 1.165) is 11.1 Å². The van der Waals surface area contributed by atoms with Gasteiger partial charge in [0.25, 0.3) is 0 Å². The van der Waals surface area contributed by atoms with Gasteiger partial charge in [0.2, 0.25) is 5.91 Å². The first-order chi connectivity index (χ1) is 9.68. The summed E-state index contributed by atoms with van der Waals surface area (Å²) in [5, 5.41) is 3.41. The summed E-state index contributed by atoms with van der Waals surface area (Å²) >= 11 is 11.6. The molecule has 0 bridgehead atoms. The fourth-order valence-electron chi connectivity index (χ4n) is 2.63. The Morgan fingerprint density at radius 2 is 1.60 bits per heavy atom. The Balaban J connectivity index is 2.10. The van der Waals surface area contributed by atoms with Crippen molar-refractivity contribution in [2.24, 2.45) is 0 Å². The van der Waals surface area contributed by atoms with Crippen LogP contribution in [-0.2, 0) is 4.79 Å². The molecule has 1 saturated heterocycles. The van der Waals surface area contributed by atoms with Gasteiger partial charge in [-0.1, -0.05) is 72.3 Å². The highest BCUT2D eigenvalue weighted by Gasteiger charge is 2.41. The monoisotopic (exact) mass is 301 g/mol. The lowest BCUT2D eigenvalue weighted by Gasteiger charge is -2.18. The van der Waals surface area contributed by atoms with Gasteiger partial charge >= 0.3 is 0 Å². The summed E-state index contributed by atoms with van der Waals surface area (Å²) in [4.78, 5) is 12.8. The van der Waals surface area contributed by atoms with E-state index in [0.29, 0.717) is 10.0 Å². The number of nitrogens with one attached hydrogen (secondary N) is 1. The SMILES string of the molecule is O=C1NC(=S)C(c2ccccc2Cl)C1c1ccccc1. The molecular weight excluding hydrogens is 290 g/mol. The Morgan fingerprint density at radius 3 is 2.30 bits per heavy atom. The molecule has 1 N–H and O–H groups in total. The van der Waals surface area contributed by atoms with E-state index in [1.54, 1.807) is 0 Å². The Kier molecular flexibility index (Phi) is 3.55. The molecule has 1 aliphatic heterocycles. The zero-order chi connectivity index (χ0) is 14.1. The molecule has 2 aromatic carbocycles. The molecular formula is C16H12ClNOS. The number of benzene rings is 2. The number of carbonyl (C=O) groups is 1. The van der Waals surface area contributed by atoms with Crippen LogP contribution in [0.3, 0.4) is 0 Å². The summed E-state index contributed by atoms with van der Waals surface area (Å²) in [6, 6.07) is 17.2. The van der Waals surface area contributed by atoms with E-state index in [-0.39, 0.29) is 17.7 Å². The van der Waals surface area contributed by atoms with Gasteiger partial charge in [-0.05, 0) is 17.2 Å². The van der Waals surface area contributed by atoms with E-state index in [1.165, 1.54) is 0 Å². The molecule has 0 aliphatic carbocycles. The van der Waals surface area contributed by atoms with Crippen LogP contribution in [0.25, 0.3) is 0 Å². The number of hydrogen-bond donors (Lipinski definition) is 1. The van der Waals surface area contributed by atoms with Crippen molar-refractivity contribution in [1.82, 2.24) is 5.32 Å². The van der Waals surface area contributed by atoms with Crippen molar-refractivity contribution in [3.8, 4) is 0 Å². The van der Waals surface area contributed by atoms with Gasteiger partial charge in [-0.25, -0.2) is 0 Å². The van der Waals surface area contributed by atoms with Gasteiger partial charge in [0.1, 0.15) is 0 Å². The van der Waals surface area contributed by atoms with Crippen molar-refractivity contribution >= 4 is 34.7 Å². The highest BCUT2D eigenvalue weighted by atomic mass is 35.5. The smallest absolute Gasteiger partial charge is 0.233 e. The molecule has 1 fully saturated rings. The summed E-state index contributed by atoms with van der Waals surface area (Å²) in [5.74, 6) is -0.580. The van der Waals surface area contributed by atoms with Crippen molar-refractivity contribution < 1.29 is 4.79 Å². The van der Waals surface area contributed by atoms with Crippen LogP contribution in [0.4, 0.5) is 0 Å². The second-order valence-electron chi connectivity index (χ2n) is 4.74. The summed E-state index contributed by atoms with van der Waals surface area (Å²) in [5.41, 5.74) is 1.85. The molecule has 4 heteroatoms. The van der Waals surface area contributed by atoms with Crippen LogP contribution in [-0.4, -0.2) is 10.9 Å². The fourth-order valence-corrected chi connectivity index (χ4v) is 3.25. The van der Waals surface area contributed by atoms with E-state index in [4.69, 9.17) is 23.8 Å². The first kappa shape index (κ1) is 13.3. The lowest BCUT2D eigenvalue weighted by atomic mass is 9.83. The topological polar surface area (TPSA) is 29.1 Å². The molecule has 0 aromatic heterocycles. The summed E-state index contributed by atoms with van der Waals surface area (Å²) in [6.45, 7) is 0. The molecule has 100 valence electrons. The third-order valence-electron chi connectivity index (χ3n) is 3.54. The first-order valence-corrected chi connectivity index (χ1v) is 7.11. The Bertz CT molecular complexity index is 671. The quantitative estimate of drug-likeness (QED) is 0.858. The normalized spacial score (nSPS) is 21.9. The molecule has 20 heavy (non-hydrogen) atoms. The van der Waals surface area contributed by atoms with E-state index in [2.05, 4.69) is 5.32 Å². The zero-order valence-electron chi connectivity index (χ0n) is 10.5. The van der Waals surface area contributed by atoms with Gasteiger partial charge in [0.15, 0.2) is 0 Å². The molecule has 1 heterocycles. The third-order valence-corrected chi connectivity index (χ3v) is 4.24. The van der Waals surface area contributed by atoms with Crippen LogP contribution in [0.2, 0.25) is 5.02 Å². The average Bonchev–Trinajstić information content (AvgIpc) is 2.75. The van der Waals surface area contributed by atoms with Crippen molar-refractivity contribution in [2.45, 2.75) is 11.8 Å². The second-order valence-corrected chi connectivity index (χ2v) is 5.59. The van der Waals surface area contributed by atoms with Crippen molar-refractivity contribution in [3.63, 3.8) is 0 Å². The van der Waals surface area contributed by atoms with Crippen LogP contribution in [0.1, 0.15) is 23.0 Å². The van der Waals surface area contributed by atoms with Gasteiger partial charge < -0.3 is 5.32 Å². The van der Waals surface area contributed by atoms with Crippen molar-refractivity contribution in [1.29, 1.82) is 0 Å². The van der Waals surface area contributed by atoms with Gasteiger partial charge in [0, 0.05) is 5.02 Å². The second kappa shape index (κ2) is 5.35. The minimum atomic E-state index is -0.316. The Hall–Kier alpha value is -1.71. The van der Waals surface area contributed by atoms with Gasteiger partial charge in [0.05, 0.1) is 16.8 Å². The van der Waals surface area contributed by atoms with Crippen molar-refractivity contribution in [2.75, 3.05) is 0 Å². The maximum absolute atomic E-state index is 12.2. The molecule has 1 aliphatic rings. The molecule has 1 amide bonds. The predicted molar refractivity (Wildman–Crippen MR) is 84.1 cm³/mol. The minimum Gasteiger partial charge on any atom is -0.319 e. The first-order valence-electron chi connectivity index (χ1n) is 6.32.